The highest BCUT2D eigenvalue weighted by Gasteiger charge is 2.15. The minimum absolute atomic E-state index is 0.347. The third-order valence-electron chi connectivity index (χ3n) is 3.05. The second kappa shape index (κ2) is 7.78. The van der Waals surface area contributed by atoms with E-state index in [4.69, 9.17) is 5.73 Å². The predicted molar refractivity (Wildman–Crippen MR) is 79.4 cm³/mol. The van der Waals surface area contributed by atoms with E-state index in [1.807, 2.05) is 11.8 Å². The molecule has 0 aliphatic carbocycles. The van der Waals surface area contributed by atoms with Gasteiger partial charge in [-0.15, -0.1) is 0 Å². The summed E-state index contributed by atoms with van der Waals surface area (Å²) in [5.74, 6) is 1.08. The largest absolute Gasteiger partial charge is 0.327 e. The van der Waals surface area contributed by atoms with E-state index in [0.29, 0.717) is 11.3 Å². The van der Waals surface area contributed by atoms with Crippen molar-refractivity contribution < 1.29 is 0 Å². The Kier molecular flexibility index (Phi) is 6.68. The average molecular weight is 251 g/mol. The van der Waals surface area contributed by atoms with E-state index in [9.17, 15) is 0 Å². The highest BCUT2D eigenvalue weighted by atomic mass is 32.2. The summed E-state index contributed by atoms with van der Waals surface area (Å²) in [4.78, 5) is 0. The van der Waals surface area contributed by atoms with E-state index in [2.05, 4.69) is 45.0 Å². The summed E-state index contributed by atoms with van der Waals surface area (Å²) in [5, 5.41) is 0.593. The Balaban J connectivity index is 2.47. The minimum atomic E-state index is 0.347. The van der Waals surface area contributed by atoms with Gasteiger partial charge in [-0.1, -0.05) is 50.1 Å². The van der Waals surface area contributed by atoms with E-state index in [-0.39, 0.29) is 0 Å². The molecule has 1 rings (SSSR count). The maximum atomic E-state index is 6.21. The van der Waals surface area contributed by atoms with Crippen LogP contribution < -0.4 is 5.73 Å². The molecule has 0 bridgehead atoms. The number of aryl methyl sites for hydroxylation is 1. The van der Waals surface area contributed by atoms with Crippen LogP contribution in [0.5, 0.6) is 0 Å². The first-order valence-corrected chi connectivity index (χ1v) is 7.65. The van der Waals surface area contributed by atoms with Gasteiger partial charge < -0.3 is 5.73 Å². The number of hydrogen-bond acceptors (Lipinski definition) is 2. The molecule has 1 nitrogen and oxygen atoms in total. The van der Waals surface area contributed by atoms with Crippen LogP contribution in [0.25, 0.3) is 0 Å². The Labute approximate surface area is 110 Å². The summed E-state index contributed by atoms with van der Waals surface area (Å²) in [7, 11) is 0. The maximum Gasteiger partial charge on any atom is 0.0199 e. The Morgan fingerprint density at radius 2 is 2.06 bits per heavy atom. The monoisotopic (exact) mass is 251 g/mol. The van der Waals surface area contributed by atoms with Gasteiger partial charge in [0.25, 0.3) is 0 Å². The number of hydrogen-bond donors (Lipinski definition) is 1. The van der Waals surface area contributed by atoms with Crippen LogP contribution in [0.15, 0.2) is 24.3 Å². The van der Waals surface area contributed by atoms with Crippen molar-refractivity contribution in [3.05, 3.63) is 35.4 Å². The lowest BCUT2D eigenvalue weighted by molar-refractivity contribution is 0.566. The standard InChI is InChI=1S/C15H25NS/c1-4-7-14(16)15(5-2)17-11-13-9-6-8-12(3)10-13/h6,8-10,14-15H,4-5,7,11,16H2,1-3H3. The topological polar surface area (TPSA) is 26.0 Å². The van der Waals surface area contributed by atoms with Crippen molar-refractivity contribution in [3.63, 3.8) is 0 Å². The molecule has 2 N–H and O–H groups in total. The fraction of sp³-hybridized carbons (Fsp3) is 0.600. The molecule has 1 aromatic rings. The third kappa shape index (κ3) is 5.13. The first-order chi connectivity index (χ1) is 8.17. The van der Waals surface area contributed by atoms with Gasteiger partial charge in [0.1, 0.15) is 0 Å². The van der Waals surface area contributed by atoms with Crippen molar-refractivity contribution in [2.75, 3.05) is 0 Å². The number of rotatable bonds is 7. The average Bonchev–Trinajstić information content (AvgIpc) is 2.30. The third-order valence-corrected chi connectivity index (χ3v) is 4.66. The summed E-state index contributed by atoms with van der Waals surface area (Å²) < 4.78 is 0. The number of benzene rings is 1. The Morgan fingerprint density at radius 3 is 2.65 bits per heavy atom. The van der Waals surface area contributed by atoms with Crippen molar-refractivity contribution in [1.29, 1.82) is 0 Å². The summed E-state index contributed by atoms with van der Waals surface area (Å²) in [6.45, 7) is 6.59. The minimum Gasteiger partial charge on any atom is -0.327 e. The van der Waals surface area contributed by atoms with Crippen molar-refractivity contribution in [2.24, 2.45) is 5.73 Å². The quantitative estimate of drug-likeness (QED) is 0.788. The van der Waals surface area contributed by atoms with E-state index >= 15 is 0 Å². The number of nitrogens with two attached hydrogens (primary N) is 1. The van der Waals surface area contributed by atoms with E-state index in [1.54, 1.807) is 0 Å². The zero-order valence-electron chi connectivity index (χ0n) is 11.3. The predicted octanol–water partition coefficient (Wildman–Crippen LogP) is 4.13. The molecule has 17 heavy (non-hydrogen) atoms. The van der Waals surface area contributed by atoms with Crippen LogP contribution in [0, 0.1) is 6.92 Å². The van der Waals surface area contributed by atoms with Gasteiger partial charge in [-0.2, -0.15) is 11.8 Å². The highest BCUT2D eigenvalue weighted by Crippen LogP contribution is 2.24. The van der Waals surface area contributed by atoms with Crippen molar-refractivity contribution in [2.45, 2.75) is 57.1 Å². The molecular weight excluding hydrogens is 226 g/mol. The Morgan fingerprint density at radius 1 is 1.29 bits per heavy atom. The molecule has 0 aliphatic rings. The van der Waals surface area contributed by atoms with Crippen LogP contribution in [0.4, 0.5) is 0 Å². The van der Waals surface area contributed by atoms with Crippen LogP contribution in [0.3, 0.4) is 0 Å². The van der Waals surface area contributed by atoms with Crippen molar-refractivity contribution in [3.8, 4) is 0 Å². The molecule has 0 aromatic heterocycles. The van der Waals surface area contributed by atoms with Crippen LogP contribution >= 0.6 is 11.8 Å². The van der Waals surface area contributed by atoms with Crippen LogP contribution in [0.1, 0.15) is 44.2 Å². The van der Waals surface area contributed by atoms with Crippen molar-refractivity contribution in [1.82, 2.24) is 0 Å². The lowest BCUT2D eigenvalue weighted by atomic mass is 10.1. The zero-order valence-corrected chi connectivity index (χ0v) is 12.1. The second-order valence-electron chi connectivity index (χ2n) is 4.70. The molecule has 2 unspecified atom stereocenters. The van der Waals surface area contributed by atoms with E-state index in [0.717, 1.165) is 18.6 Å². The van der Waals surface area contributed by atoms with Gasteiger partial charge >= 0.3 is 0 Å². The van der Waals surface area contributed by atoms with Gasteiger partial charge in [-0.25, -0.2) is 0 Å². The van der Waals surface area contributed by atoms with E-state index in [1.165, 1.54) is 17.5 Å². The Hall–Kier alpha value is -0.470. The smallest absolute Gasteiger partial charge is 0.0199 e. The molecule has 0 fully saturated rings. The summed E-state index contributed by atoms with van der Waals surface area (Å²) in [5.41, 5.74) is 8.97. The molecule has 0 heterocycles. The molecule has 0 saturated carbocycles. The molecule has 2 heteroatoms. The van der Waals surface area contributed by atoms with Crippen LogP contribution in [-0.2, 0) is 5.75 Å². The van der Waals surface area contributed by atoms with Gasteiger partial charge in [0.05, 0.1) is 0 Å². The molecule has 96 valence electrons. The second-order valence-corrected chi connectivity index (χ2v) is 5.93. The molecule has 0 amide bonds. The molecule has 0 spiro atoms. The Bertz CT molecular complexity index is 324. The maximum absolute atomic E-state index is 6.21. The molecule has 1 aromatic carbocycles. The first-order valence-electron chi connectivity index (χ1n) is 6.60. The molecule has 0 aliphatic heterocycles. The van der Waals surface area contributed by atoms with Gasteiger partial charge in [-0.05, 0) is 25.3 Å². The van der Waals surface area contributed by atoms with Gasteiger partial charge in [0, 0.05) is 17.0 Å². The van der Waals surface area contributed by atoms with Gasteiger partial charge in [0.15, 0.2) is 0 Å². The lowest BCUT2D eigenvalue weighted by Crippen LogP contribution is -2.31. The highest BCUT2D eigenvalue weighted by molar-refractivity contribution is 7.99. The summed E-state index contributed by atoms with van der Waals surface area (Å²) in [6, 6.07) is 9.11. The van der Waals surface area contributed by atoms with Crippen molar-refractivity contribution >= 4 is 11.8 Å². The summed E-state index contributed by atoms with van der Waals surface area (Å²) in [6.07, 6.45) is 3.49. The fourth-order valence-corrected chi connectivity index (χ4v) is 3.27. The van der Waals surface area contributed by atoms with Crippen LogP contribution in [-0.4, -0.2) is 11.3 Å². The van der Waals surface area contributed by atoms with Crippen LogP contribution in [0.2, 0.25) is 0 Å². The van der Waals surface area contributed by atoms with E-state index < -0.39 is 0 Å². The van der Waals surface area contributed by atoms with Gasteiger partial charge in [-0.3, -0.25) is 0 Å². The summed E-state index contributed by atoms with van der Waals surface area (Å²) >= 11 is 2.01. The normalized spacial score (nSPS) is 14.6. The fourth-order valence-electron chi connectivity index (χ4n) is 2.07. The first kappa shape index (κ1) is 14.6. The SMILES string of the molecule is CCCC(N)C(CC)SCc1cccc(C)c1. The lowest BCUT2D eigenvalue weighted by Gasteiger charge is -2.21. The number of thioether (sulfide) groups is 1. The molecule has 2 atom stereocenters. The molecule has 0 radical (unpaired) electrons. The molecule has 0 saturated heterocycles. The molecular formula is C15H25NS. The van der Waals surface area contributed by atoms with Gasteiger partial charge in [0.2, 0.25) is 0 Å². The zero-order chi connectivity index (χ0) is 12.7.